The summed E-state index contributed by atoms with van der Waals surface area (Å²) in [5.74, 6) is 2.73. The van der Waals surface area contributed by atoms with Gasteiger partial charge in [-0.2, -0.15) is 0 Å². The maximum absolute atomic E-state index is 5.52. The number of guanidine groups is 1. The van der Waals surface area contributed by atoms with Crippen molar-refractivity contribution >= 4 is 29.9 Å². The van der Waals surface area contributed by atoms with E-state index in [1.54, 1.807) is 0 Å². The van der Waals surface area contributed by atoms with Gasteiger partial charge in [0.05, 0.1) is 0 Å². The Morgan fingerprint density at radius 3 is 2.38 bits per heavy atom. The molecule has 2 fully saturated rings. The quantitative estimate of drug-likeness (QED) is 0.252. The summed E-state index contributed by atoms with van der Waals surface area (Å²) in [7, 11) is 1.88. The van der Waals surface area contributed by atoms with Gasteiger partial charge >= 0.3 is 0 Å². The predicted octanol–water partition coefficient (Wildman–Crippen LogP) is 4.19. The van der Waals surface area contributed by atoms with E-state index in [2.05, 4.69) is 36.4 Å². The van der Waals surface area contributed by atoms with Crippen molar-refractivity contribution in [1.29, 1.82) is 0 Å². The van der Waals surface area contributed by atoms with Gasteiger partial charge in [0.2, 0.25) is 0 Å². The van der Waals surface area contributed by atoms with Crippen molar-refractivity contribution in [1.82, 2.24) is 10.6 Å². The van der Waals surface area contributed by atoms with Gasteiger partial charge in [0.1, 0.15) is 0 Å². The van der Waals surface area contributed by atoms with Crippen molar-refractivity contribution < 1.29 is 4.74 Å². The van der Waals surface area contributed by atoms with Crippen LogP contribution >= 0.6 is 24.0 Å². The minimum atomic E-state index is 0. The molecule has 0 bridgehead atoms. The van der Waals surface area contributed by atoms with Crippen LogP contribution < -0.4 is 10.6 Å². The summed E-state index contributed by atoms with van der Waals surface area (Å²) >= 11 is 0. The van der Waals surface area contributed by atoms with Gasteiger partial charge in [0, 0.05) is 32.8 Å². The number of nitrogens with zero attached hydrogens (tertiary/aromatic N) is 1. The highest BCUT2D eigenvalue weighted by atomic mass is 127. The van der Waals surface area contributed by atoms with Gasteiger partial charge in [-0.05, 0) is 69.1 Å². The molecule has 2 rings (SSSR count). The van der Waals surface area contributed by atoms with Gasteiger partial charge in [-0.3, -0.25) is 4.99 Å². The Kier molecular flexibility index (Phi) is 9.94. The fraction of sp³-hybridized carbons (Fsp3) is 0.947. The van der Waals surface area contributed by atoms with Gasteiger partial charge in [-0.15, -0.1) is 24.0 Å². The van der Waals surface area contributed by atoms with E-state index in [9.17, 15) is 0 Å². The molecule has 24 heavy (non-hydrogen) atoms. The topological polar surface area (TPSA) is 45.6 Å². The summed E-state index contributed by atoms with van der Waals surface area (Å²) in [5, 5.41) is 7.20. The lowest BCUT2D eigenvalue weighted by atomic mass is 9.80. The number of hydrogen-bond donors (Lipinski definition) is 2. The molecule has 0 spiro atoms. The molecule has 0 atom stereocenters. The van der Waals surface area contributed by atoms with Crippen LogP contribution in [0.4, 0.5) is 0 Å². The number of aliphatic imine (C=N–C) groups is 1. The van der Waals surface area contributed by atoms with E-state index >= 15 is 0 Å². The van der Waals surface area contributed by atoms with E-state index in [4.69, 9.17) is 4.74 Å². The second-order valence-corrected chi connectivity index (χ2v) is 7.87. The Bertz CT molecular complexity index is 375. The van der Waals surface area contributed by atoms with Gasteiger partial charge < -0.3 is 15.4 Å². The fourth-order valence-corrected chi connectivity index (χ4v) is 3.71. The molecule has 0 amide bonds. The van der Waals surface area contributed by atoms with Crippen LogP contribution in [0.1, 0.15) is 65.7 Å². The van der Waals surface area contributed by atoms with Gasteiger partial charge in [0.15, 0.2) is 5.96 Å². The molecule has 0 saturated heterocycles. The predicted molar refractivity (Wildman–Crippen MR) is 113 cm³/mol. The Labute approximate surface area is 166 Å². The largest absolute Gasteiger partial charge is 0.382 e. The van der Waals surface area contributed by atoms with Crippen LogP contribution in [0.2, 0.25) is 0 Å². The molecular weight excluding hydrogens is 413 g/mol. The van der Waals surface area contributed by atoms with E-state index in [1.165, 1.54) is 44.9 Å². The fourth-order valence-electron chi connectivity index (χ4n) is 3.71. The van der Waals surface area contributed by atoms with Gasteiger partial charge in [0.25, 0.3) is 0 Å². The highest BCUT2D eigenvalue weighted by Crippen LogP contribution is 2.48. The van der Waals surface area contributed by atoms with Gasteiger partial charge in [-0.25, -0.2) is 0 Å². The maximum Gasteiger partial charge on any atom is 0.191 e. The smallest absolute Gasteiger partial charge is 0.191 e. The van der Waals surface area contributed by atoms with E-state index in [0.717, 1.165) is 37.6 Å². The highest BCUT2D eigenvalue weighted by Gasteiger charge is 2.42. The molecule has 0 aromatic rings. The minimum Gasteiger partial charge on any atom is -0.382 e. The standard InChI is InChI=1S/C19H37N3O.HI/c1-5-23-13-12-19(10-11-19)14-21-18(20-4)22-17-8-6-16(7-9-17)15(2)3;/h15-17H,5-14H2,1-4H3,(H2,20,21,22);1H. The molecular formula is C19H38IN3O. The summed E-state index contributed by atoms with van der Waals surface area (Å²) in [5.41, 5.74) is 0.460. The minimum absolute atomic E-state index is 0. The van der Waals surface area contributed by atoms with Crippen molar-refractivity contribution in [2.24, 2.45) is 22.2 Å². The summed E-state index contributed by atoms with van der Waals surface area (Å²) in [6.45, 7) is 9.53. The highest BCUT2D eigenvalue weighted by molar-refractivity contribution is 14.0. The Balaban J connectivity index is 0.00000288. The first-order valence-corrected chi connectivity index (χ1v) is 9.63. The van der Waals surface area contributed by atoms with E-state index < -0.39 is 0 Å². The summed E-state index contributed by atoms with van der Waals surface area (Å²) in [6, 6.07) is 0.592. The van der Waals surface area contributed by atoms with Crippen LogP contribution in [0.15, 0.2) is 4.99 Å². The van der Waals surface area contributed by atoms with E-state index in [0.29, 0.717) is 11.5 Å². The average molecular weight is 451 g/mol. The molecule has 2 aliphatic rings. The van der Waals surface area contributed by atoms with Crippen molar-refractivity contribution in [2.45, 2.75) is 71.8 Å². The van der Waals surface area contributed by atoms with E-state index in [1.807, 2.05) is 7.05 Å². The molecule has 2 N–H and O–H groups in total. The third-order valence-electron chi connectivity index (χ3n) is 5.85. The summed E-state index contributed by atoms with van der Waals surface area (Å²) < 4.78 is 5.52. The Morgan fingerprint density at radius 1 is 1.21 bits per heavy atom. The lowest BCUT2D eigenvalue weighted by Crippen LogP contribution is -2.46. The zero-order valence-electron chi connectivity index (χ0n) is 16.1. The summed E-state index contributed by atoms with van der Waals surface area (Å²) in [4.78, 5) is 4.43. The number of ether oxygens (including phenoxy) is 1. The molecule has 5 heteroatoms. The molecule has 0 heterocycles. The molecule has 0 aromatic carbocycles. The molecule has 0 unspecified atom stereocenters. The van der Waals surface area contributed by atoms with Crippen LogP contribution in [0, 0.1) is 17.3 Å². The normalized spacial score (nSPS) is 26.0. The molecule has 0 aliphatic heterocycles. The third-order valence-corrected chi connectivity index (χ3v) is 5.85. The Morgan fingerprint density at radius 2 is 1.88 bits per heavy atom. The summed E-state index contributed by atoms with van der Waals surface area (Å²) in [6.07, 6.45) is 9.07. The second-order valence-electron chi connectivity index (χ2n) is 7.87. The van der Waals surface area contributed by atoms with Crippen molar-refractivity contribution in [2.75, 3.05) is 26.8 Å². The van der Waals surface area contributed by atoms with Crippen LogP contribution in [-0.2, 0) is 4.74 Å². The van der Waals surface area contributed by atoms with Crippen LogP contribution in [0.5, 0.6) is 0 Å². The first kappa shape index (κ1) is 22.0. The second kappa shape index (κ2) is 10.8. The van der Waals surface area contributed by atoms with Crippen molar-refractivity contribution in [3.05, 3.63) is 0 Å². The van der Waals surface area contributed by atoms with Crippen LogP contribution in [0.25, 0.3) is 0 Å². The van der Waals surface area contributed by atoms with E-state index in [-0.39, 0.29) is 24.0 Å². The molecule has 0 aromatic heterocycles. The SMILES string of the molecule is CCOCCC1(CNC(=NC)NC2CCC(C(C)C)CC2)CC1.I. The Hall–Kier alpha value is -0.0400. The number of hydrogen-bond acceptors (Lipinski definition) is 2. The van der Waals surface area contributed by atoms with Gasteiger partial charge in [-0.1, -0.05) is 13.8 Å². The maximum atomic E-state index is 5.52. The molecule has 0 radical (unpaired) electrons. The lowest BCUT2D eigenvalue weighted by Gasteiger charge is -2.32. The molecule has 142 valence electrons. The van der Waals surface area contributed by atoms with Crippen LogP contribution in [-0.4, -0.2) is 38.8 Å². The first-order chi connectivity index (χ1) is 11.1. The number of nitrogens with one attached hydrogen (secondary N) is 2. The molecule has 2 saturated carbocycles. The zero-order valence-corrected chi connectivity index (χ0v) is 18.4. The van der Waals surface area contributed by atoms with Crippen LogP contribution in [0.3, 0.4) is 0 Å². The lowest BCUT2D eigenvalue weighted by molar-refractivity contribution is 0.128. The average Bonchev–Trinajstić information content (AvgIpc) is 3.32. The molecule has 2 aliphatic carbocycles. The number of halogens is 1. The van der Waals surface area contributed by atoms with Crippen molar-refractivity contribution in [3.63, 3.8) is 0 Å². The monoisotopic (exact) mass is 451 g/mol. The van der Waals surface area contributed by atoms with Crippen molar-refractivity contribution in [3.8, 4) is 0 Å². The zero-order chi connectivity index (χ0) is 16.7. The third kappa shape index (κ3) is 7.06. The first-order valence-electron chi connectivity index (χ1n) is 9.63. The number of rotatable bonds is 8. The molecule has 4 nitrogen and oxygen atoms in total.